The number of hydrogen-bond donors (Lipinski definition) is 1. The summed E-state index contributed by atoms with van der Waals surface area (Å²) in [5, 5.41) is 9.76. The van der Waals surface area contributed by atoms with Crippen molar-refractivity contribution in [3.8, 4) is 0 Å². The molecule has 0 aliphatic heterocycles. The molecular formula is C11H8F3NO. The smallest absolute Gasteiger partial charge is 0.379 e. The van der Waals surface area contributed by atoms with E-state index in [1.165, 1.54) is 18.3 Å². The van der Waals surface area contributed by atoms with Crippen LogP contribution >= 0.6 is 0 Å². The third-order valence-corrected chi connectivity index (χ3v) is 2.27. The van der Waals surface area contributed by atoms with Gasteiger partial charge in [-0.3, -0.25) is 4.98 Å². The van der Waals surface area contributed by atoms with E-state index in [4.69, 9.17) is 0 Å². The summed E-state index contributed by atoms with van der Waals surface area (Å²) in [6.07, 6.45) is -5.77. The molecule has 1 aromatic carbocycles. The average Bonchev–Trinajstić information content (AvgIpc) is 2.26. The van der Waals surface area contributed by atoms with E-state index in [0.717, 1.165) is 0 Å². The van der Waals surface area contributed by atoms with E-state index in [1.807, 2.05) is 0 Å². The Labute approximate surface area is 89.4 Å². The molecular weight excluding hydrogens is 219 g/mol. The molecule has 0 aliphatic rings. The van der Waals surface area contributed by atoms with E-state index in [9.17, 15) is 18.3 Å². The van der Waals surface area contributed by atoms with Crippen LogP contribution in [0.4, 0.5) is 13.2 Å². The Balaban J connectivity index is 2.61. The summed E-state index contributed by atoms with van der Waals surface area (Å²) in [6.45, 7) is 0. The summed E-state index contributed by atoms with van der Waals surface area (Å²) in [5.74, 6) is 0. The van der Waals surface area contributed by atoms with Gasteiger partial charge in [0.1, 0.15) is 0 Å². The molecule has 2 rings (SSSR count). The molecule has 5 heteroatoms. The standard InChI is InChI=1S/C11H8F3NO/c12-11(13,14)10(16)8-5-1-3-7-4-2-6-15-9(7)8/h1-6,10,16H/t10-/m0/s1. The lowest BCUT2D eigenvalue weighted by Crippen LogP contribution is -2.20. The van der Waals surface area contributed by atoms with Gasteiger partial charge in [-0.05, 0) is 6.07 Å². The molecule has 84 valence electrons. The van der Waals surface area contributed by atoms with Crippen LogP contribution < -0.4 is 0 Å². The minimum Gasteiger partial charge on any atom is -0.379 e. The number of aromatic nitrogens is 1. The average molecular weight is 227 g/mol. The van der Waals surface area contributed by atoms with E-state index in [2.05, 4.69) is 4.98 Å². The highest BCUT2D eigenvalue weighted by Gasteiger charge is 2.40. The first-order valence-electron chi connectivity index (χ1n) is 4.58. The fourth-order valence-corrected chi connectivity index (χ4v) is 1.52. The minimum atomic E-state index is -4.67. The van der Waals surface area contributed by atoms with Gasteiger partial charge in [-0.2, -0.15) is 13.2 Å². The molecule has 2 nitrogen and oxygen atoms in total. The lowest BCUT2D eigenvalue weighted by Gasteiger charge is -2.15. The molecule has 16 heavy (non-hydrogen) atoms. The first-order chi connectivity index (χ1) is 7.50. The Kier molecular flexibility index (Phi) is 2.55. The monoisotopic (exact) mass is 227 g/mol. The molecule has 0 amide bonds. The van der Waals surface area contributed by atoms with Crippen LogP contribution in [0.2, 0.25) is 0 Å². The molecule has 1 aromatic heterocycles. The van der Waals surface area contributed by atoms with Crippen LogP contribution in [0.3, 0.4) is 0 Å². The van der Waals surface area contributed by atoms with Gasteiger partial charge in [-0.25, -0.2) is 0 Å². The topological polar surface area (TPSA) is 33.1 Å². The summed E-state index contributed by atoms with van der Waals surface area (Å²) >= 11 is 0. The van der Waals surface area contributed by atoms with Crippen molar-refractivity contribution in [2.75, 3.05) is 0 Å². The quantitative estimate of drug-likeness (QED) is 0.812. The predicted molar refractivity (Wildman–Crippen MR) is 52.8 cm³/mol. The molecule has 0 bridgehead atoms. The Morgan fingerprint density at radius 1 is 1.12 bits per heavy atom. The maximum absolute atomic E-state index is 12.4. The van der Waals surface area contributed by atoms with Crippen molar-refractivity contribution in [3.05, 3.63) is 42.1 Å². The summed E-state index contributed by atoms with van der Waals surface area (Å²) in [4.78, 5) is 3.86. The van der Waals surface area contributed by atoms with Crippen molar-refractivity contribution in [3.63, 3.8) is 0 Å². The van der Waals surface area contributed by atoms with Crippen LogP contribution in [0.5, 0.6) is 0 Å². The second kappa shape index (κ2) is 3.75. The van der Waals surface area contributed by atoms with Gasteiger partial charge >= 0.3 is 6.18 Å². The van der Waals surface area contributed by atoms with Crippen molar-refractivity contribution in [2.24, 2.45) is 0 Å². The predicted octanol–water partition coefficient (Wildman–Crippen LogP) is 2.83. The second-order valence-electron chi connectivity index (χ2n) is 3.37. The zero-order valence-electron chi connectivity index (χ0n) is 8.07. The summed E-state index contributed by atoms with van der Waals surface area (Å²) < 4.78 is 37.2. The highest BCUT2D eigenvalue weighted by atomic mass is 19.4. The second-order valence-corrected chi connectivity index (χ2v) is 3.37. The van der Waals surface area contributed by atoms with Crippen LogP contribution in [0.15, 0.2) is 36.5 Å². The minimum absolute atomic E-state index is 0.176. The Bertz CT molecular complexity index is 505. The molecule has 0 saturated heterocycles. The highest BCUT2D eigenvalue weighted by Crippen LogP contribution is 2.35. The molecule has 2 aromatic rings. The van der Waals surface area contributed by atoms with E-state index in [1.54, 1.807) is 18.2 Å². The van der Waals surface area contributed by atoms with Gasteiger partial charge < -0.3 is 5.11 Å². The molecule has 0 saturated carbocycles. The van der Waals surface area contributed by atoms with E-state index < -0.39 is 12.3 Å². The van der Waals surface area contributed by atoms with E-state index in [-0.39, 0.29) is 11.1 Å². The van der Waals surface area contributed by atoms with Gasteiger partial charge in [0, 0.05) is 17.1 Å². The maximum atomic E-state index is 12.4. The number of halogens is 3. The first-order valence-corrected chi connectivity index (χ1v) is 4.58. The normalized spacial score (nSPS) is 14.0. The molecule has 1 atom stereocenters. The van der Waals surface area contributed by atoms with Crippen LogP contribution in [0.25, 0.3) is 10.9 Å². The largest absolute Gasteiger partial charge is 0.418 e. The molecule has 0 aliphatic carbocycles. The summed E-state index contributed by atoms with van der Waals surface area (Å²) in [6, 6.07) is 7.62. The zero-order valence-corrected chi connectivity index (χ0v) is 8.07. The van der Waals surface area contributed by atoms with Crippen molar-refractivity contribution in [2.45, 2.75) is 12.3 Å². The van der Waals surface area contributed by atoms with Gasteiger partial charge in [0.05, 0.1) is 5.52 Å². The third-order valence-electron chi connectivity index (χ3n) is 2.27. The van der Waals surface area contributed by atoms with Gasteiger partial charge in [-0.1, -0.05) is 24.3 Å². The van der Waals surface area contributed by atoms with Crippen LogP contribution in [0, 0.1) is 0 Å². The Hall–Kier alpha value is -1.62. The van der Waals surface area contributed by atoms with E-state index in [0.29, 0.717) is 5.39 Å². The SMILES string of the molecule is O[C@@H](c1cccc2cccnc12)C(F)(F)F. The fourth-order valence-electron chi connectivity index (χ4n) is 1.52. The van der Waals surface area contributed by atoms with Crippen LogP contribution in [-0.4, -0.2) is 16.3 Å². The summed E-state index contributed by atoms with van der Waals surface area (Å²) in [5.41, 5.74) is -0.0413. The highest BCUT2D eigenvalue weighted by molar-refractivity contribution is 5.81. The number of rotatable bonds is 1. The number of fused-ring (bicyclic) bond motifs is 1. The number of hydrogen-bond acceptors (Lipinski definition) is 2. The van der Waals surface area contributed by atoms with Gasteiger partial charge in [0.15, 0.2) is 6.10 Å². The molecule has 0 spiro atoms. The van der Waals surface area contributed by atoms with E-state index >= 15 is 0 Å². The fraction of sp³-hybridized carbons (Fsp3) is 0.182. The summed E-state index contributed by atoms with van der Waals surface area (Å²) in [7, 11) is 0. The molecule has 1 heterocycles. The number of para-hydroxylation sites is 1. The molecule has 0 radical (unpaired) electrons. The third kappa shape index (κ3) is 1.86. The number of pyridine rings is 1. The van der Waals surface area contributed by atoms with Gasteiger partial charge in [-0.15, -0.1) is 0 Å². The Morgan fingerprint density at radius 2 is 1.81 bits per heavy atom. The molecule has 1 N–H and O–H groups in total. The van der Waals surface area contributed by atoms with Gasteiger partial charge in [0.25, 0.3) is 0 Å². The number of aliphatic hydroxyl groups excluding tert-OH is 1. The van der Waals surface area contributed by atoms with Crippen molar-refractivity contribution >= 4 is 10.9 Å². The van der Waals surface area contributed by atoms with Gasteiger partial charge in [0.2, 0.25) is 0 Å². The van der Waals surface area contributed by atoms with Crippen molar-refractivity contribution < 1.29 is 18.3 Å². The lowest BCUT2D eigenvalue weighted by molar-refractivity contribution is -0.206. The number of nitrogens with zero attached hydrogens (tertiary/aromatic N) is 1. The van der Waals surface area contributed by atoms with Crippen LogP contribution in [0.1, 0.15) is 11.7 Å². The number of alkyl halides is 3. The Morgan fingerprint density at radius 3 is 2.50 bits per heavy atom. The van der Waals surface area contributed by atoms with Crippen molar-refractivity contribution in [1.82, 2.24) is 4.98 Å². The zero-order chi connectivity index (χ0) is 11.8. The molecule has 0 fully saturated rings. The van der Waals surface area contributed by atoms with Crippen molar-refractivity contribution in [1.29, 1.82) is 0 Å². The number of benzene rings is 1. The first kappa shape index (κ1) is 10.9. The lowest BCUT2D eigenvalue weighted by atomic mass is 10.0. The van der Waals surface area contributed by atoms with Crippen LogP contribution in [-0.2, 0) is 0 Å². The number of aliphatic hydroxyl groups is 1. The molecule has 0 unspecified atom stereocenters. The maximum Gasteiger partial charge on any atom is 0.418 e.